The highest BCUT2D eigenvalue weighted by Gasteiger charge is 2.36. The van der Waals surface area contributed by atoms with E-state index in [0.29, 0.717) is 17.7 Å². The fourth-order valence-corrected chi connectivity index (χ4v) is 3.46. The summed E-state index contributed by atoms with van der Waals surface area (Å²) in [5.74, 6) is 0.809. The summed E-state index contributed by atoms with van der Waals surface area (Å²) in [6.45, 7) is 5.94. The molecule has 90 valence electrons. The number of hydrogen-bond donors (Lipinski definition) is 0. The van der Waals surface area contributed by atoms with Gasteiger partial charge < -0.3 is 0 Å². The van der Waals surface area contributed by atoms with Gasteiger partial charge >= 0.3 is 0 Å². The molecule has 2 fully saturated rings. The molecule has 0 aromatic carbocycles. The van der Waals surface area contributed by atoms with Crippen LogP contribution in [0, 0.1) is 5.92 Å². The molecule has 1 saturated heterocycles. The Labute approximate surface area is 106 Å². The van der Waals surface area contributed by atoms with Crippen molar-refractivity contribution in [2.75, 3.05) is 13.1 Å². The van der Waals surface area contributed by atoms with Crippen LogP contribution in [0.2, 0.25) is 0 Å². The Hall–Kier alpha value is -0.150. The summed E-state index contributed by atoms with van der Waals surface area (Å²) in [6.07, 6.45) is 6.75. The summed E-state index contributed by atoms with van der Waals surface area (Å²) >= 11 is 3.44. The number of carbonyl (C=O) groups excluding carboxylic acids is 1. The molecule has 0 aromatic rings. The second kappa shape index (κ2) is 5.46. The lowest BCUT2D eigenvalue weighted by Crippen LogP contribution is -2.45. The molecule has 2 rings (SSSR count). The van der Waals surface area contributed by atoms with E-state index in [1.165, 1.54) is 19.3 Å². The maximum absolute atomic E-state index is 11.8. The van der Waals surface area contributed by atoms with Crippen LogP contribution in [0.25, 0.3) is 0 Å². The third-order valence-electron chi connectivity index (χ3n) is 3.86. The average molecular weight is 286 g/mol. The first-order valence-corrected chi connectivity index (χ1v) is 7.08. The molecule has 1 aliphatic carbocycles. The molecule has 2 nitrogen and oxygen atoms in total. The first-order valence-electron chi connectivity index (χ1n) is 6.28. The van der Waals surface area contributed by atoms with Crippen LogP contribution in [-0.4, -0.2) is 29.8 Å². The molecule has 0 N–H and O–H groups in total. The van der Waals surface area contributed by atoms with Crippen LogP contribution in [0.1, 0.15) is 38.5 Å². The van der Waals surface area contributed by atoms with E-state index in [1.807, 2.05) is 0 Å². The van der Waals surface area contributed by atoms with Crippen molar-refractivity contribution in [1.82, 2.24) is 4.90 Å². The Morgan fingerprint density at radius 1 is 1.38 bits per heavy atom. The van der Waals surface area contributed by atoms with Gasteiger partial charge in [0.2, 0.25) is 0 Å². The minimum atomic E-state index is 0.312. The third kappa shape index (κ3) is 2.75. The molecule has 16 heavy (non-hydrogen) atoms. The Bertz CT molecular complexity index is 290. The SMILES string of the molecule is C=C(Br)CN1CCCCC1C1CCCC1=O. The second-order valence-electron chi connectivity index (χ2n) is 5.02. The Kier molecular flexibility index (Phi) is 4.20. The molecule has 2 aliphatic rings. The maximum atomic E-state index is 11.8. The molecule has 0 aromatic heterocycles. The molecule has 2 atom stereocenters. The molecule has 0 amide bonds. The fourth-order valence-electron chi connectivity index (χ4n) is 3.14. The monoisotopic (exact) mass is 285 g/mol. The van der Waals surface area contributed by atoms with Crippen molar-refractivity contribution >= 4 is 21.7 Å². The zero-order valence-corrected chi connectivity index (χ0v) is 11.3. The number of halogens is 1. The predicted octanol–water partition coefficient (Wildman–Crippen LogP) is 3.12. The minimum Gasteiger partial charge on any atom is -0.299 e. The van der Waals surface area contributed by atoms with Gasteiger partial charge in [-0.05, 0) is 32.2 Å². The predicted molar refractivity (Wildman–Crippen MR) is 69.6 cm³/mol. The van der Waals surface area contributed by atoms with Crippen LogP contribution < -0.4 is 0 Å². The van der Waals surface area contributed by atoms with Gasteiger partial charge in [-0.3, -0.25) is 9.69 Å². The standard InChI is InChI=1S/C13H20BrNO/c1-10(14)9-15-8-3-2-6-12(15)11-5-4-7-13(11)16/h11-12H,1-9H2. The topological polar surface area (TPSA) is 20.3 Å². The largest absolute Gasteiger partial charge is 0.299 e. The number of Topliss-reactive ketones (excluding diaryl/α,β-unsaturated/α-hetero) is 1. The van der Waals surface area contributed by atoms with Crippen molar-refractivity contribution in [2.24, 2.45) is 5.92 Å². The highest BCUT2D eigenvalue weighted by Crippen LogP contribution is 2.33. The van der Waals surface area contributed by atoms with Gasteiger partial charge in [0.25, 0.3) is 0 Å². The average Bonchev–Trinajstić information content (AvgIpc) is 2.64. The molecule has 0 radical (unpaired) electrons. The Morgan fingerprint density at radius 3 is 2.81 bits per heavy atom. The molecule has 0 spiro atoms. The molecule has 1 saturated carbocycles. The lowest BCUT2D eigenvalue weighted by atomic mass is 9.88. The van der Waals surface area contributed by atoms with E-state index in [2.05, 4.69) is 27.4 Å². The summed E-state index contributed by atoms with van der Waals surface area (Å²) in [4.78, 5) is 14.3. The number of piperidine rings is 1. The first kappa shape index (κ1) is 12.3. The molecule has 0 bridgehead atoms. The van der Waals surface area contributed by atoms with Gasteiger partial charge in [-0.2, -0.15) is 0 Å². The van der Waals surface area contributed by atoms with E-state index in [1.54, 1.807) is 0 Å². The van der Waals surface area contributed by atoms with Crippen LogP contribution in [-0.2, 0) is 4.79 Å². The summed E-state index contributed by atoms with van der Waals surface area (Å²) < 4.78 is 1.03. The quantitative estimate of drug-likeness (QED) is 0.794. The fraction of sp³-hybridized carbons (Fsp3) is 0.769. The number of rotatable bonds is 3. The van der Waals surface area contributed by atoms with Crippen LogP contribution in [0.3, 0.4) is 0 Å². The van der Waals surface area contributed by atoms with E-state index < -0.39 is 0 Å². The summed E-state index contributed by atoms with van der Waals surface area (Å²) in [5.41, 5.74) is 0. The number of hydrogen-bond acceptors (Lipinski definition) is 2. The van der Waals surface area contributed by atoms with E-state index >= 15 is 0 Å². The molecule has 1 aliphatic heterocycles. The lowest BCUT2D eigenvalue weighted by Gasteiger charge is -2.38. The van der Waals surface area contributed by atoms with Crippen LogP contribution >= 0.6 is 15.9 Å². The highest BCUT2D eigenvalue weighted by atomic mass is 79.9. The smallest absolute Gasteiger partial charge is 0.137 e. The Morgan fingerprint density at radius 2 is 2.19 bits per heavy atom. The van der Waals surface area contributed by atoms with Crippen molar-refractivity contribution in [3.63, 3.8) is 0 Å². The van der Waals surface area contributed by atoms with Gasteiger partial charge in [0.1, 0.15) is 5.78 Å². The zero-order valence-electron chi connectivity index (χ0n) is 9.75. The van der Waals surface area contributed by atoms with Gasteiger partial charge in [0.05, 0.1) is 0 Å². The number of ketones is 1. The molecule has 2 unspecified atom stereocenters. The highest BCUT2D eigenvalue weighted by molar-refractivity contribution is 9.11. The van der Waals surface area contributed by atoms with E-state index in [9.17, 15) is 4.79 Å². The van der Waals surface area contributed by atoms with Gasteiger partial charge in [0.15, 0.2) is 0 Å². The summed E-state index contributed by atoms with van der Waals surface area (Å²) in [5, 5.41) is 0. The summed E-state index contributed by atoms with van der Waals surface area (Å²) in [7, 11) is 0. The summed E-state index contributed by atoms with van der Waals surface area (Å²) in [6, 6.07) is 0.484. The molecular formula is C13H20BrNO. The minimum absolute atomic E-state index is 0.312. The number of carbonyl (C=O) groups is 1. The third-order valence-corrected chi connectivity index (χ3v) is 4.11. The van der Waals surface area contributed by atoms with Crippen molar-refractivity contribution in [2.45, 2.75) is 44.6 Å². The van der Waals surface area contributed by atoms with E-state index in [-0.39, 0.29) is 0 Å². The normalized spacial score (nSPS) is 31.9. The number of likely N-dealkylation sites (tertiary alicyclic amines) is 1. The Balaban J connectivity index is 2.03. The van der Waals surface area contributed by atoms with Crippen molar-refractivity contribution in [1.29, 1.82) is 0 Å². The van der Waals surface area contributed by atoms with Crippen molar-refractivity contribution < 1.29 is 4.79 Å². The van der Waals surface area contributed by atoms with Gasteiger partial charge in [0, 0.05) is 29.4 Å². The van der Waals surface area contributed by atoms with Crippen molar-refractivity contribution in [3.8, 4) is 0 Å². The van der Waals surface area contributed by atoms with Crippen LogP contribution in [0.4, 0.5) is 0 Å². The van der Waals surface area contributed by atoms with E-state index in [4.69, 9.17) is 0 Å². The first-order chi connectivity index (χ1) is 7.68. The van der Waals surface area contributed by atoms with Crippen LogP contribution in [0.15, 0.2) is 11.1 Å². The zero-order chi connectivity index (χ0) is 11.5. The number of nitrogens with zero attached hydrogens (tertiary/aromatic N) is 1. The molecule has 3 heteroatoms. The molecule has 1 heterocycles. The van der Waals surface area contributed by atoms with Gasteiger partial charge in [-0.25, -0.2) is 0 Å². The van der Waals surface area contributed by atoms with Crippen LogP contribution in [0.5, 0.6) is 0 Å². The maximum Gasteiger partial charge on any atom is 0.137 e. The second-order valence-corrected chi connectivity index (χ2v) is 6.14. The van der Waals surface area contributed by atoms with Gasteiger partial charge in [-0.1, -0.05) is 28.9 Å². The lowest BCUT2D eigenvalue weighted by molar-refractivity contribution is -0.123. The van der Waals surface area contributed by atoms with Gasteiger partial charge in [-0.15, -0.1) is 0 Å². The van der Waals surface area contributed by atoms with Crippen molar-refractivity contribution in [3.05, 3.63) is 11.1 Å². The van der Waals surface area contributed by atoms with E-state index in [0.717, 1.165) is 36.8 Å². The molecular weight excluding hydrogens is 266 g/mol.